The Labute approximate surface area is 131 Å². The molecule has 2 heteroatoms. The maximum Gasteiger partial charge on any atom is 0.00994 e. The molecule has 0 aromatic heterocycles. The average Bonchev–Trinajstić information content (AvgIpc) is 3.28. The Morgan fingerprint density at radius 1 is 0.762 bits per heavy atom. The van der Waals surface area contributed by atoms with E-state index < -0.39 is 0 Å². The van der Waals surface area contributed by atoms with Crippen LogP contribution in [0, 0.1) is 11.3 Å². The SMILES string of the molecule is C1CCC2(C1)CCC(N(CC1CCNCC1)C1CC1)CC2. The summed E-state index contributed by atoms with van der Waals surface area (Å²) >= 11 is 0. The van der Waals surface area contributed by atoms with Crippen LogP contribution < -0.4 is 5.32 Å². The summed E-state index contributed by atoms with van der Waals surface area (Å²) in [4.78, 5) is 2.98. The van der Waals surface area contributed by atoms with Crippen molar-refractivity contribution in [2.45, 2.75) is 89.1 Å². The van der Waals surface area contributed by atoms with Gasteiger partial charge in [-0.25, -0.2) is 0 Å². The van der Waals surface area contributed by atoms with Crippen molar-refractivity contribution in [2.24, 2.45) is 11.3 Å². The number of nitrogens with zero attached hydrogens (tertiary/aromatic N) is 1. The van der Waals surface area contributed by atoms with Gasteiger partial charge in [0, 0.05) is 18.6 Å². The molecule has 2 nitrogen and oxygen atoms in total. The van der Waals surface area contributed by atoms with Crippen LogP contribution in [0.15, 0.2) is 0 Å². The number of hydrogen-bond acceptors (Lipinski definition) is 2. The maximum absolute atomic E-state index is 3.53. The van der Waals surface area contributed by atoms with Crippen LogP contribution in [0.4, 0.5) is 0 Å². The molecule has 0 aromatic carbocycles. The van der Waals surface area contributed by atoms with Gasteiger partial charge in [0.15, 0.2) is 0 Å². The van der Waals surface area contributed by atoms with E-state index >= 15 is 0 Å². The van der Waals surface area contributed by atoms with Crippen LogP contribution in [0.2, 0.25) is 0 Å². The minimum absolute atomic E-state index is 0.806. The Morgan fingerprint density at radius 3 is 2.00 bits per heavy atom. The third kappa shape index (κ3) is 3.32. The fourth-order valence-corrected chi connectivity index (χ4v) is 5.54. The van der Waals surface area contributed by atoms with Crippen molar-refractivity contribution in [1.82, 2.24) is 10.2 Å². The van der Waals surface area contributed by atoms with E-state index in [-0.39, 0.29) is 0 Å². The highest BCUT2D eigenvalue weighted by atomic mass is 15.2. The summed E-state index contributed by atoms with van der Waals surface area (Å²) in [5.74, 6) is 0.981. The first-order valence-corrected chi connectivity index (χ1v) is 9.81. The van der Waals surface area contributed by atoms with E-state index in [2.05, 4.69) is 10.2 Å². The third-order valence-electron chi connectivity index (χ3n) is 7.09. The van der Waals surface area contributed by atoms with Gasteiger partial charge >= 0.3 is 0 Å². The molecule has 4 aliphatic rings. The van der Waals surface area contributed by atoms with Crippen molar-refractivity contribution >= 4 is 0 Å². The molecule has 21 heavy (non-hydrogen) atoms. The highest BCUT2D eigenvalue weighted by Crippen LogP contribution is 2.50. The second kappa shape index (κ2) is 6.20. The van der Waals surface area contributed by atoms with Crippen LogP contribution in [0.1, 0.15) is 77.0 Å². The van der Waals surface area contributed by atoms with Gasteiger partial charge in [-0.1, -0.05) is 12.8 Å². The molecule has 0 radical (unpaired) electrons. The molecule has 0 unspecified atom stereocenters. The van der Waals surface area contributed by atoms with Gasteiger partial charge in [-0.15, -0.1) is 0 Å². The van der Waals surface area contributed by atoms with Crippen molar-refractivity contribution < 1.29 is 0 Å². The number of piperidine rings is 1. The number of rotatable bonds is 4. The normalized spacial score (nSPS) is 31.3. The summed E-state index contributed by atoms with van der Waals surface area (Å²) in [6.07, 6.45) is 18.1. The second-order valence-electron chi connectivity index (χ2n) is 8.56. The van der Waals surface area contributed by atoms with Crippen molar-refractivity contribution in [3.8, 4) is 0 Å². The lowest BCUT2D eigenvalue weighted by atomic mass is 9.71. The summed E-state index contributed by atoms with van der Waals surface area (Å²) in [7, 11) is 0. The first-order valence-electron chi connectivity index (χ1n) is 9.81. The molecule has 3 saturated carbocycles. The van der Waals surface area contributed by atoms with Gasteiger partial charge in [0.25, 0.3) is 0 Å². The summed E-state index contributed by atoms with van der Waals surface area (Å²) in [6.45, 7) is 3.94. The quantitative estimate of drug-likeness (QED) is 0.843. The van der Waals surface area contributed by atoms with Gasteiger partial charge in [0.2, 0.25) is 0 Å². The predicted molar refractivity (Wildman–Crippen MR) is 88.5 cm³/mol. The van der Waals surface area contributed by atoms with Crippen molar-refractivity contribution in [3.63, 3.8) is 0 Å². The van der Waals surface area contributed by atoms with E-state index in [1.54, 1.807) is 25.7 Å². The summed E-state index contributed by atoms with van der Waals surface area (Å²) in [6, 6.07) is 1.92. The monoisotopic (exact) mass is 290 g/mol. The third-order valence-corrected chi connectivity index (χ3v) is 7.09. The predicted octanol–water partition coefficient (Wildman–Crippen LogP) is 3.95. The van der Waals surface area contributed by atoms with Crippen LogP contribution in [0.25, 0.3) is 0 Å². The van der Waals surface area contributed by atoms with Crippen LogP contribution >= 0.6 is 0 Å². The largest absolute Gasteiger partial charge is 0.317 e. The molecule has 0 aromatic rings. The average molecular weight is 290 g/mol. The summed E-state index contributed by atoms with van der Waals surface area (Å²) in [5, 5.41) is 3.53. The van der Waals surface area contributed by atoms with Crippen LogP contribution in [0.5, 0.6) is 0 Å². The van der Waals surface area contributed by atoms with E-state index in [1.165, 1.54) is 71.0 Å². The maximum atomic E-state index is 3.53. The molecule has 120 valence electrons. The zero-order valence-electron chi connectivity index (χ0n) is 13.8. The zero-order chi connectivity index (χ0) is 14.1. The van der Waals surface area contributed by atoms with Gasteiger partial charge in [-0.05, 0) is 88.6 Å². The Morgan fingerprint density at radius 2 is 1.38 bits per heavy atom. The lowest BCUT2D eigenvalue weighted by Gasteiger charge is -2.43. The molecule has 4 fully saturated rings. The summed E-state index contributed by atoms with van der Waals surface area (Å²) in [5.41, 5.74) is 0.806. The van der Waals surface area contributed by atoms with Crippen LogP contribution in [-0.4, -0.2) is 36.6 Å². The van der Waals surface area contributed by atoms with Crippen molar-refractivity contribution in [2.75, 3.05) is 19.6 Å². The Balaban J connectivity index is 1.34. The van der Waals surface area contributed by atoms with Gasteiger partial charge in [-0.2, -0.15) is 0 Å². The molecule has 4 rings (SSSR count). The molecule has 1 N–H and O–H groups in total. The number of hydrogen-bond donors (Lipinski definition) is 1. The highest BCUT2D eigenvalue weighted by molar-refractivity contribution is 4.96. The van der Waals surface area contributed by atoms with Crippen molar-refractivity contribution in [3.05, 3.63) is 0 Å². The van der Waals surface area contributed by atoms with Crippen molar-refractivity contribution in [1.29, 1.82) is 0 Å². The van der Waals surface area contributed by atoms with E-state index in [0.717, 1.165) is 23.4 Å². The molecule has 0 amide bonds. The molecule has 0 atom stereocenters. The topological polar surface area (TPSA) is 15.3 Å². The zero-order valence-corrected chi connectivity index (χ0v) is 13.8. The Kier molecular flexibility index (Phi) is 4.28. The first-order chi connectivity index (χ1) is 10.3. The smallest absolute Gasteiger partial charge is 0.00994 e. The molecule has 3 aliphatic carbocycles. The van der Waals surface area contributed by atoms with E-state index in [0.29, 0.717) is 0 Å². The highest BCUT2D eigenvalue weighted by Gasteiger charge is 2.42. The molecule has 0 bridgehead atoms. The second-order valence-corrected chi connectivity index (χ2v) is 8.56. The molecule has 1 spiro atoms. The molecule has 1 heterocycles. The molecule has 1 aliphatic heterocycles. The summed E-state index contributed by atoms with van der Waals surface area (Å²) < 4.78 is 0. The molecular weight excluding hydrogens is 256 g/mol. The van der Waals surface area contributed by atoms with Gasteiger partial charge in [0.05, 0.1) is 0 Å². The minimum atomic E-state index is 0.806. The first kappa shape index (κ1) is 14.5. The van der Waals surface area contributed by atoms with Gasteiger partial charge < -0.3 is 5.32 Å². The number of nitrogens with one attached hydrogen (secondary N) is 1. The standard InChI is InChI=1S/C19H34N2/c1-2-10-19(9-1)11-5-18(6-12-19)21(17-3-4-17)15-16-7-13-20-14-8-16/h16-18,20H,1-15H2. The van der Waals surface area contributed by atoms with E-state index in [1.807, 2.05) is 0 Å². The lowest BCUT2D eigenvalue weighted by molar-refractivity contribution is 0.0693. The fourth-order valence-electron chi connectivity index (χ4n) is 5.54. The fraction of sp³-hybridized carbons (Fsp3) is 1.00. The van der Waals surface area contributed by atoms with Crippen LogP contribution in [0.3, 0.4) is 0 Å². The molecular formula is C19H34N2. The van der Waals surface area contributed by atoms with E-state index in [4.69, 9.17) is 0 Å². The molecule has 1 saturated heterocycles. The van der Waals surface area contributed by atoms with Gasteiger partial charge in [0.1, 0.15) is 0 Å². The van der Waals surface area contributed by atoms with E-state index in [9.17, 15) is 0 Å². The Hall–Kier alpha value is -0.0800. The minimum Gasteiger partial charge on any atom is -0.317 e. The van der Waals surface area contributed by atoms with Gasteiger partial charge in [-0.3, -0.25) is 4.90 Å². The van der Waals surface area contributed by atoms with Crippen LogP contribution in [-0.2, 0) is 0 Å². The Bertz CT molecular complexity index is 327. The lowest BCUT2D eigenvalue weighted by Crippen LogP contribution is -2.45.